The lowest BCUT2D eigenvalue weighted by Gasteiger charge is -1.77. The molecule has 0 fully saturated rings. The quantitative estimate of drug-likeness (QED) is 0.319. The second-order valence-corrected chi connectivity index (χ2v) is 1.34. The largest absolute Gasteiger partial charge is 0.384 e. The fraction of sp³-hybridized carbons (Fsp3) is 0.429. The molecule has 0 rings (SSSR count). The Balaban J connectivity index is 3.02. The maximum atomic E-state index is 8.17. The predicted molar refractivity (Wildman–Crippen MR) is 34.3 cm³/mol. The van der Waals surface area contributed by atoms with Crippen LogP contribution in [0, 0.1) is 11.8 Å². The van der Waals surface area contributed by atoms with Crippen LogP contribution in [0.3, 0.4) is 0 Å². The maximum Gasteiger partial charge on any atom is 0.104 e. The molecule has 0 saturated carbocycles. The number of allylic oxidation sites excluding steroid dienone is 1. The number of aliphatic hydroxyl groups excluding tert-OH is 1. The molecule has 8 heavy (non-hydrogen) atoms. The minimum Gasteiger partial charge on any atom is -0.384 e. The topological polar surface area (TPSA) is 20.2 Å². The van der Waals surface area contributed by atoms with Crippen LogP contribution in [-0.4, -0.2) is 11.7 Å². The molecule has 1 N–H and O–H groups in total. The molecule has 1 heteroatoms. The first-order valence-electron chi connectivity index (χ1n) is 2.59. The molecule has 0 unspecified atom stereocenters. The van der Waals surface area contributed by atoms with Crippen LogP contribution >= 0.6 is 0 Å². The summed E-state index contributed by atoms with van der Waals surface area (Å²) in [4.78, 5) is 0. The standard InChI is InChI=1S/C7H10O/c1-2-3-4-5-6-7-8/h2,8H,1,3-4,7H2. The molecule has 0 atom stereocenters. The Morgan fingerprint density at radius 1 is 1.50 bits per heavy atom. The Morgan fingerprint density at radius 2 is 2.25 bits per heavy atom. The third kappa shape index (κ3) is 5.26. The van der Waals surface area contributed by atoms with Gasteiger partial charge in [0.25, 0.3) is 0 Å². The Kier molecular flexibility index (Phi) is 5.68. The molecule has 0 aromatic carbocycles. The fourth-order valence-electron chi connectivity index (χ4n) is 0.319. The molecule has 0 spiro atoms. The lowest BCUT2D eigenvalue weighted by atomic mass is 10.3. The third-order valence-corrected chi connectivity index (χ3v) is 0.678. The summed E-state index contributed by atoms with van der Waals surface area (Å²) in [5, 5.41) is 8.17. The Morgan fingerprint density at radius 3 is 2.75 bits per heavy atom. The second kappa shape index (κ2) is 6.26. The van der Waals surface area contributed by atoms with E-state index in [2.05, 4.69) is 18.4 Å². The van der Waals surface area contributed by atoms with Crippen LogP contribution < -0.4 is 0 Å². The number of rotatable bonds is 2. The second-order valence-electron chi connectivity index (χ2n) is 1.34. The van der Waals surface area contributed by atoms with Crippen LogP contribution in [0.2, 0.25) is 0 Å². The molecule has 1 nitrogen and oxygen atoms in total. The van der Waals surface area contributed by atoms with E-state index in [9.17, 15) is 0 Å². The van der Waals surface area contributed by atoms with Gasteiger partial charge in [0, 0.05) is 6.42 Å². The molecule has 0 aromatic heterocycles. The van der Waals surface area contributed by atoms with E-state index < -0.39 is 0 Å². The van der Waals surface area contributed by atoms with Gasteiger partial charge < -0.3 is 5.11 Å². The Labute approximate surface area is 50.0 Å². The minimum absolute atomic E-state index is 0.0306. The Hall–Kier alpha value is -0.740. The molecule has 0 aliphatic carbocycles. The molecule has 0 aliphatic heterocycles. The molecule has 0 bridgehead atoms. The zero-order valence-electron chi connectivity index (χ0n) is 4.85. The van der Waals surface area contributed by atoms with Crippen LogP contribution in [0.25, 0.3) is 0 Å². The summed E-state index contributed by atoms with van der Waals surface area (Å²) >= 11 is 0. The van der Waals surface area contributed by atoms with E-state index in [-0.39, 0.29) is 6.61 Å². The minimum atomic E-state index is -0.0306. The van der Waals surface area contributed by atoms with E-state index in [0.29, 0.717) is 0 Å². The van der Waals surface area contributed by atoms with E-state index in [0.717, 1.165) is 12.8 Å². The van der Waals surface area contributed by atoms with Gasteiger partial charge in [-0.05, 0) is 6.42 Å². The van der Waals surface area contributed by atoms with Crippen LogP contribution in [0.4, 0.5) is 0 Å². The molecule has 0 amide bonds. The summed E-state index contributed by atoms with van der Waals surface area (Å²) in [5.41, 5.74) is 0. The number of hydrogen-bond donors (Lipinski definition) is 1. The monoisotopic (exact) mass is 110 g/mol. The highest BCUT2D eigenvalue weighted by Crippen LogP contribution is 1.83. The van der Waals surface area contributed by atoms with Crippen LogP contribution in [0.5, 0.6) is 0 Å². The SMILES string of the molecule is C=CCCC#CCO. The van der Waals surface area contributed by atoms with E-state index in [1.807, 2.05) is 6.08 Å². The van der Waals surface area contributed by atoms with Gasteiger partial charge in [0.2, 0.25) is 0 Å². The van der Waals surface area contributed by atoms with Gasteiger partial charge in [0.15, 0.2) is 0 Å². The fourth-order valence-corrected chi connectivity index (χ4v) is 0.319. The van der Waals surface area contributed by atoms with E-state index >= 15 is 0 Å². The van der Waals surface area contributed by atoms with Crippen molar-refractivity contribution in [2.75, 3.05) is 6.61 Å². The predicted octanol–water partition coefficient (Wildman–Crippen LogP) is 0.948. The zero-order chi connectivity index (χ0) is 6.24. The van der Waals surface area contributed by atoms with Crippen LogP contribution in [0.15, 0.2) is 12.7 Å². The first-order chi connectivity index (χ1) is 3.91. The lowest BCUT2D eigenvalue weighted by Crippen LogP contribution is -1.71. The molecular weight excluding hydrogens is 100 g/mol. The lowest BCUT2D eigenvalue weighted by molar-refractivity contribution is 0.350. The van der Waals surface area contributed by atoms with Crippen molar-refractivity contribution in [3.63, 3.8) is 0 Å². The average molecular weight is 110 g/mol. The normalized spacial score (nSPS) is 7.12. The van der Waals surface area contributed by atoms with Crippen molar-refractivity contribution in [3.05, 3.63) is 12.7 Å². The third-order valence-electron chi connectivity index (χ3n) is 0.678. The number of hydrogen-bond acceptors (Lipinski definition) is 1. The van der Waals surface area contributed by atoms with Gasteiger partial charge in [-0.25, -0.2) is 0 Å². The summed E-state index contributed by atoms with van der Waals surface area (Å²) in [5.74, 6) is 5.31. The highest BCUT2D eigenvalue weighted by atomic mass is 16.2. The molecule has 0 radical (unpaired) electrons. The van der Waals surface area contributed by atoms with Gasteiger partial charge in [-0.15, -0.1) is 12.5 Å². The highest BCUT2D eigenvalue weighted by Gasteiger charge is 1.69. The first-order valence-corrected chi connectivity index (χ1v) is 2.59. The average Bonchev–Trinajstić information content (AvgIpc) is 1.81. The van der Waals surface area contributed by atoms with Crippen molar-refractivity contribution in [1.82, 2.24) is 0 Å². The van der Waals surface area contributed by atoms with Crippen molar-refractivity contribution in [2.45, 2.75) is 12.8 Å². The van der Waals surface area contributed by atoms with Crippen molar-refractivity contribution in [1.29, 1.82) is 0 Å². The van der Waals surface area contributed by atoms with Crippen LogP contribution in [0.1, 0.15) is 12.8 Å². The highest BCUT2D eigenvalue weighted by molar-refractivity contribution is 4.99. The summed E-state index contributed by atoms with van der Waals surface area (Å²) in [6.07, 6.45) is 3.53. The maximum absolute atomic E-state index is 8.17. The van der Waals surface area contributed by atoms with Crippen molar-refractivity contribution in [3.8, 4) is 11.8 Å². The molecular formula is C7H10O. The summed E-state index contributed by atoms with van der Waals surface area (Å²) < 4.78 is 0. The van der Waals surface area contributed by atoms with E-state index in [1.54, 1.807) is 0 Å². The van der Waals surface area contributed by atoms with Gasteiger partial charge in [0.1, 0.15) is 6.61 Å². The molecule has 0 aliphatic rings. The van der Waals surface area contributed by atoms with Gasteiger partial charge in [-0.3, -0.25) is 0 Å². The van der Waals surface area contributed by atoms with E-state index in [1.165, 1.54) is 0 Å². The van der Waals surface area contributed by atoms with Gasteiger partial charge in [-0.1, -0.05) is 12.0 Å². The molecule has 44 valence electrons. The molecule has 0 heterocycles. The number of unbranched alkanes of at least 4 members (excludes halogenated alkanes) is 1. The Bertz CT molecular complexity index is 105. The van der Waals surface area contributed by atoms with Crippen molar-refractivity contribution < 1.29 is 5.11 Å². The number of aliphatic hydroxyl groups is 1. The molecule has 0 aromatic rings. The van der Waals surface area contributed by atoms with Gasteiger partial charge in [0.05, 0.1) is 0 Å². The van der Waals surface area contributed by atoms with Crippen molar-refractivity contribution >= 4 is 0 Å². The smallest absolute Gasteiger partial charge is 0.104 e. The van der Waals surface area contributed by atoms with Crippen LogP contribution in [-0.2, 0) is 0 Å². The van der Waals surface area contributed by atoms with Gasteiger partial charge in [-0.2, -0.15) is 0 Å². The summed E-state index contributed by atoms with van der Waals surface area (Å²) in [7, 11) is 0. The summed E-state index contributed by atoms with van der Waals surface area (Å²) in [6, 6.07) is 0. The van der Waals surface area contributed by atoms with E-state index in [4.69, 9.17) is 5.11 Å². The first kappa shape index (κ1) is 7.26. The zero-order valence-corrected chi connectivity index (χ0v) is 4.85. The summed E-state index contributed by atoms with van der Waals surface area (Å²) in [6.45, 7) is 3.50. The van der Waals surface area contributed by atoms with Crippen molar-refractivity contribution in [2.24, 2.45) is 0 Å². The molecule has 0 saturated heterocycles. The van der Waals surface area contributed by atoms with Gasteiger partial charge >= 0.3 is 0 Å².